The van der Waals surface area contributed by atoms with Crippen LogP contribution in [-0.2, 0) is 0 Å². The summed E-state index contributed by atoms with van der Waals surface area (Å²) in [6, 6.07) is 10.0. The highest BCUT2D eigenvalue weighted by Crippen LogP contribution is 2.19. The zero-order valence-corrected chi connectivity index (χ0v) is 8.66. The van der Waals surface area contributed by atoms with Gasteiger partial charge in [-0.1, -0.05) is 53.2 Å². The molecule has 0 spiro atoms. The molecule has 1 N–H and O–H groups in total. The Hall–Kier alpha value is -0.340. The van der Waals surface area contributed by atoms with Crippen molar-refractivity contribution in [3.63, 3.8) is 0 Å². The maximum Gasteiger partial charge on any atom is 0.0702 e. The van der Waals surface area contributed by atoms with E-state index in [0.717, 1.165) is 0 Å². The van der Waals surface area contributed by atoms with Gasteiger partial charge < -0.3 is 5.11 Å². The smallest absolute Gasteiger partial charge is 0.0702 e. The normalized spacial score (nSPS) is 15.6. The number of halogens is 1. The van der Waals surface area contributed by atoms with E-state index in [0.29, 0.717) is 5.33 Å². The molecule has 2 unspecified atom stereocenters. The first-order valence-electron chi connectivity index (χ1n) is 4.04. The minimum Gasteiger partial charge on any atom is -0.392 e. The van der Waals surface area contributed by atoms with Crippen molar-refractivity contribution in [3.05, 3.63) is 35.9 Å². The maximum atomic E-state index is 9.53. The first-order valence-corrected chi connectivity index (χ1v) is 5.17. The van der Waals surface area contributed by atoms with E-state index in [-0.39, 0.29) is 12.0 Å². The van der Waals surface area contributed by atoms with Gasteiger partial charge in [-0.05, 0) is 5.56 Å². The molecule has 0 amide bonds. The lowest BCUT2D eigenvalue weighted by molar-refractivity contribution is 0.175. The lowest BCUT2D eigenvalue weighted by Crippen LogP contribution is -2.16. The number of hydrogen-bond acceptors (Lipinski definition) is 1. The van der Waals surface area contributed by atoms with Crippen LogP contribution < -0.4 is 0 Å². The van der Waals surface area contributed by atoms with Crippen LogP contribution in [0, 0.1) is 0 Å². The summed E-state index contributed by atoms with van der Waals surface area (Å²) in [5.41, 5.74) is 1.18. The minimum absolute atomic E-state index is 0.200. The lowest BCUT2D eigenvalue weighted by atomic mass is 9.97. The van der Waals surface area contributed by atoms with Crippen LogP contribution >= 0.6 is 15.9 Å². The number of benzene rings is 1. The second-order valence-electron chi connectivity index (χ2n) is 2.92. The summed E-state index contributed by atoms with van der Waals surface area (Å²) in [7, 11) is 0. The number of alkyl halides is 1. The summed E-state index contributed by atoms with van der Waals surface area (Å²) >= 11 is 3.26. The van der Waals surface area contributed by atoms with Crippen molar-refractivity contribution in [2.75, 3.05) is 5.33 Å². The maximum absolute atomic E-state index is 9.53. The molecule has 1 aromatic carbocycles. The van der Waals surface area contributed by atoms with Gasteiger partial charge >= 0.3 is 0 Å². The Morgan fingerprint density at radius 1 is 1.33 bits per heavy atom. The lowest BCUT2D eigenvalue weighted by Gasteiger charge is -2.16. The van der Waals surface area contributed by atoms with Gasteiger partial charge in [0, 0.05) is 11.2 Å². The molecule has 0 aliphatic carbocycles. The van der Waals surface area contributed by atoms with Crippen molar-refractivity contribution in [2.45, 2.75) is 18.9 Å². The third kappa shape index (κ3) is 2.32. The highest BCUT2D eigenvalue weighted by atomic mass is 79.9. The second-order valence-corrected chi connectivity index (χ2v) is 3.57. The number of rotatable bonds is 3. The van der Waals surface area contributed by atoms with Gasteiger partial charge in [0.05, 0.1) is 6.10 Å². The van der Waals surface area contributed by atoms with Gasteiger partial charge in [-0.25, -0.2) is 0 Å². The molecule has 0 saturated carbocycles. The zero-order chi connectivity index (χ0) is 8.97. The van der Waals surface area contributed by atoms with E-state index in [9.17, 15) is 5.11 Å². The molecular weight excluding hydrogens is 216 g/mol. The first kappa shape index (κ1) is 9.75. The predicted molar refractivity (Wildman–Crippen MR) is 54.7 cm³/mol. The van der Waals surface area contributed by atoms with Gasteiger partial charge in [0.2, 0.25) is 0 Å². The fourth-order valence-electron chi connectivity index (χ4n) is 1.11. The molecule has 2 atom stereocenters. The molecule has 66 valence electrons. The summed E-state index contributed by atoms with van der Waals surface area (Å²) in [6.07, 6.45) is -0.299. The quantitative estimate of drug-likeness (QED) is 0.789. The van der Waals surface area contributed by atoms with E-state index in [1.807, 2.05) is 37.3 Å². The Labute approximate surface area is 81.6 Å². The molecule has 0 fully saturated rings. The molecule has 0 aliphatic heterocycles. The van der Waals surface area contributed by atoms with Crippen molar-refractivity contribution in [1.82, 2.24) is 0 Å². The van der Waals surface area contributed by atoms with E-state index in [1.54, 1.807) is 0 Å². The number of aliphatic hydroxyl groups is 1. The van der Waals surface area contributed by atoms with Crippen LogP contribution in [0.2, 0.25) is 0 Å². The SMILES string of the molecule is CC(c1ccccc1)C(O)CBr. The van der Waals surface area contributed by atoms with Crippen LogP contribution in [-0.4, -0.2) is 16.5 Å². The van der Waals surface area contributed by atoms with E-state index < -0.39 is 0 Å². The Bertz CT molecular complexity index is 223. The minimum atomic E-state index is -0.299. The topological polar surface area (TPSA) is 20.2 Å². The van der Waals surface area contributed by atoms with E-state index >= 15 is 0 Å². The van der Waals surface area contributed by atoms with Crippen molar-refractivity contribution < 1.29 is 5.11 Å². The van der Waals surface area contributed by atoms with Crippen molar-refractivity contribution >= 4 is 15.9 Å². The van der Waals surface area contributed by atoms with Crippen LogP contribution in [0.15, 0.2) is 30.3 Å². The van der Waals surface area contributed by atoms with Gasteiger partial charge in [0.15, 0.2) is 0 Å². The highest BCUT2D eigenvalue weighted by Gasteiger charge is 2.13. The molecule has 0 aromatic heterocycles. The molecule has 0 saturated heterocycles. The Morgan fingerprint density at radius 2 is 1.92 bits per heavy atom. The standard InChI is InChI=1S/C10H13BrO/c1-8(10(12)7-11)9-5-3-2-4-6-9/h2-6,8,10,12H,7H2,1H3. The predicted octanol–water partition coefficient (Wildman–Crippen LogP) is 2.55. The molecule has 0 radical (unpaired) electrons. The fourth-order valence-corrected chi connectivity index (χ4v) is 1.67. The van der Waals surface area contributed by atoms with Crippen LogP contribution in [0.1, 0.15) is 18.4 Å². The third-order valence-corrected chi connectivity index (χ3v) is 2.72. The molecule has 1 rings (SSSR count). The van der Waals surface area contributed by atoms with Crippen LogP contribution in [0.4, 0.5) is 0 Å². The van der Waals surface area contributed by atoms with Crippen LogP contribution in [0.25, 0.3) is 0 Å². The van der Waals surface area contributed by atoms with Crippen molar-refractivity contribution in [3.8, 4) is 0 Å². The molecule has 0 bridgehead atoms. The summed E-state index contributed by atoms with van der Waals surface area (Å²) < 4.78 is 0. The Morgan fingerprint density at radius 3 is 2.42 bits per heavy atom. The van der Waals surface area contributed by atoms with Gasteiger partial charge in [-0.15, -0.1) is 0 Å². The van der Waals surface area contributed by atoms with Crippen LogP contribution in [0.5, 0.6) is 0 Å². The number of hydrogen-bond donors (Lipinski definition) is 1. The van der Waals surface area contributed by atoms with Gasteiger partial charge in [-0.3, -0.25) is 0 Å². The molecule has 0 heterocycles. The van der Waals surface area contributed by atoms with Crippen molar-refractivity contribution in [1.29, 1.82) is 0 Å². The zero-order valence-electron chi connectivity index (χ0n) is 7.07. The summed E-state index contributed by atoms with van der Waals surface area (Å²) in [5.74, 6) is 0.200. The first-order chi connectivity index (χ1) is 5.75. The van der Waals surface area contributed by atoms with Gasteiger partial charge in [-0.2, -0.15) is 0 Å². The summed E-state index contributed by atoms with van der Waals surface area (Å²) in [4.78, 5) is 0. The molecule has 0 aliphatic rings. The molecule has 1 nitrogen and oxygen atoms in total. The highest BCUT2D eigenvalue weighted by molar-refractivity contribution is 9.09. The Kier molecular flexibility index (Phi) is 3.76. The Balaban J connectivity index is 2.71. The monoisotopic (exact) mass is 228 g/mol. The average molecular weight is 229 g/mol. The van der Waals surface area contributed by atoms with Gasteiger partial charge in [0.1, 0.15) is 0 Å². The second kappa shape index (κ2) is 4.63. The van der Waals surface area contributed by atoms with E-state index in [1.165, 1.54) is 5.56 Å². The summed E-state index contributed by atoms with van der Waals surface area (Å²) in [5, 5.41) is 10.2. The van der Waals surface area contributed by atoms with E-state index in [4.69, 9.17) is 0 Å². The van der Waals surface area contributed by atoms with Gasteiger partial charge in [0.25, 0.3) is 0 Å². The third-order valence-electron chi connectivity index (χ3n) is 2.06. The average Bonchev–Trinajstić information content (AvgIpc) is 2.17. The van der Waals surface area contributed by atoms with Crippen molar-refractivity contribution in [2.24, 2.45) is 0 Å². The van der Waals surface area contributed by atoms with E-state index in [2.05, 4.69) is 15.9 Å². The number of aliphatic hydroxyl groups excluding tert-OH is 1. The largest absolute Gasteiger partial charge is 0.392 e. The molecule has 2 heteroatoms. The fraction of sp³-hybridized carbons (Fsp3) is 0.400. The molecule has 1 aromatic rings. The molecular formula is C10H13BrO. The summed E-state index contributed by atoms with van der Waals surface area (Å²) in [6.45, 7) is 2.03. The van der Waals surface area contributed by atoms with Crippen LogP contribution in [0.3, 0.4) is 0 Å². The molecule has 12 heavy (non-hydrogen) atoms.